The van der Waals surface area contributed by atoms with Crippen LogP contribution in [0.5, 0.6) is 0 Å². The lowest BCUT2D eigenvalue weighted by molar-refractivity contribution is 0.0397. The molecule has 12 heavy (non-hydrogen) atoms. The van der Waals surface area contributed by atoms with Gasteiger partial charge in [-0.05, 0) is 27.7 Å². The predicted molar refractivity (Wildman–Crippen MR) is 50.3 cm³/mol. The van der Waals surface area contributed by atoms with Gasteiger partial charge in [0.25, 0.3) is 0 Å². The Bertz CT molecular complexity index is 110. The molecule has 2 N–H and O–H groups in total. The van der Waals surface area contributed by atoms with E-state index in [0.717, 1.165) is 0 Å². The summed E-state index contributed by atoms with van der Waals surface area (Å²) in [6.07, 6.45) is -0.399. The molecule has 0 radical (unpaired) electrons. The second-order valence-corrected chi connectivity index (χ2v) is 3.94. The largest absolute Gasteiger partial charge is 0.389 e. The third kappa shape index (κ3) is 7.98. The van der Waals surface area contributed by atoms with Crippen LogP contribution in [0.2, 0.25) is 0 Å². The van der Waals surface area contributed by atoms with Crippen molar-refractivity contribution in [3.05, 3.63) is 0 Å². The summed E-state index contributed by atoms with van der Waals surface area (Å²) in [6, 6.07) is 0. The summed E-state index contributed by atoms with van der Waals surface area (Å²) in [4.78, 5) is 0. The summed E-state index contributed by atoms with van der Waals surface area (Å²) in [5.41, 5.74) is 0.0627. The van der Waals surface area contributed by atoms with E-state index in [-0.39, 0.29) is 5.54 Å². The zero-order chi connectivity index (χ0) is 9.61. The van der Waals surface area contributed by atoms with Crippen molar-refractivity contribution in [1.82, 2.24) is 5.32 Å². The van der Waals surface area contributed by atoms with Gasteiger partial charge in [0.2, 0.25) is 0 Å². The lowest BCUT2D eigenvalue weighted by atomic mass is 10.1. The topological polar surface area (TPSA) is 41.5 Å². The van der Waals surface area contributed by atoms with E-state index in [1.54, 1.807) is 0 Å². The van der Waals surface area contributed by atoms with Gasteiger partial charge in [-0.25, -0.2) is 0 Å². The lowest BCUT2D eigenvalue weighted by Gasteiger charge is -2.22. The van der Waals surface area contributed by atoms with Gasteiger partial charge in [0, 0.05) is 18.7 Å². The first-order valence-corrected chi connectivity index (χ1v) is 4.46. The van der Waals surface area contributed by atoms with Crippen LogP contribution in [-0.2, 0) is 4.74 Å². The maximum atomic E-state index is 9.36. The minimum atomic E-state index is -0.399. The summed E-state index contributed by atoms with van der Waals surface area (Å²) in [7, 11) is 0. The van der Waals surface area contributed by atoms with Crippen molar-refractivity contribution in [1.29, 1.82) is 0 Å². The highest BCUT2D eigenvalue weighted by Gasteiger charge is 2.11. The molecule has 0 rings (SSSR count). The van der Waals surface area contributed by atoms with Crippen LogP contribution in [0, 0.1) is 0 Å². The van der Waals surface area contributed by atoms with E-state index >= 15 is 0 Å². The number of nitrogens with one attached hydrogen (secondary N) is 1. The van der Waals surface area contributed by atoms with E-state index in [9.17, 15) is 5.11 Å². The molecule has 0 aromatic heterocycles. The molecule has 0 saturated carbocycles. The fourth-order valence-electron chi connectivity index (χ4n) is 0.737. The third-order valence-corrected chi connectivity index (χ3v) is 1.38. The Morgan fingerprint density at radius 3 is 2.42 bits per heavy atom. The van der Waals surface area contributed by atoms with E-state index in [2.05, 4.69) is 26.1 Å². The summed E-state index contributed by atoms with van der Waals surface area (Å²) in [5.74, 6) is 0. The van der Waals surface area contributed by atoms with Gasteiger partial charge in [-0.3, -0.25) is 0 Å². The second kappa shape index (κ2) is 5.51. The number of aliphatic hydroxyl groups is 1. The summed E-state index contributed by atoms with van der Waals surface area (Å²) < 4.78 is 5.07. The molecule has 3 nitrogen and oxygen atoms in total. The number of hydrogen-bond acceptors (Lipinski definition) is 3. The molecule has 3 heteroatoms. The molecule has 0 saturated heterocycles. The fourth-order valence-corrected chi connectivity index (χ4v) is 0.737. The average molecular weight is 175 g/mol. The van der Waals surface area contributed by atoms with Crippen LogP contribution >= 0.6 is 0 Å². The molecule has 0 spiro atoms. The van der Waals surface area contributed by atoms with Crippen molar-refractivity contribution in [2.24, 2.45) is 0 Å². The Labute approximate surface area is 75.1 Å². The van der Waals surface area contributed by atoms with Gasteiger partial charge in [-0.2, -0.15) is 0 Å². The van der Waals surface area contributed by atoms with Gasteiger partial charge < -0.3 is 15.2 Å². The molecule has 1 atom stereocenters. The molecule has 0 aliphatic rings. The molecule has 0 aliphatic carbocycles. The Morgan fingerprint density at radius 2 is 2.00 bits per heavy atom. The predicted octanol–water partition coefficient (Wildman–Crippen LogP) is 0.772. The fraction of sp³-hybridized carbons (Fsp3) is 1.00. The molecule has 74 valence electrons. The van der Waals surface area contributed by atoms with E-state index in [4.69, 9.17) is 4.74 Å². The molecule has 0 aromatic rings. The Morgan fingerprint density at radius 1 is 1.42 bits per heavy atom. The van der Waals surface area contributed by atoms with Gasteiger partial charge in [0.15, 0.2) is 0 Å². The number of hydrogen-bond donors (Lipinski definition) is 2. The summed E-state index contributed by atoms with van der Waals surface area (Å²) in [6.45, 7) is 9.79. The minimum Gasteiger partial charge on any atom is -0.389 e. The molecular weight excluding hydrogens is 154 g/mol. The third-order valence-electron chi connectivity index (χ3n) is 1.38. The van der Waals surface area contributed by atoms with Gasteiger partial charge in [-0.1, -0.05) is 0 Å². The van der Waals surface area contributed by atoms with Gasteiger partial charge in [-0.15, -0.1) is 0 Å². The van der Waals surface area contributed by atoms with Gasteiger partial charge in [0.1, 0.15) is 0 Å². The Kier molecular flexibility index (Phi) is 5.46. The van der Waals surface area contributed by atoms with Gasteiger partial charge in [0.05, 0.1) is 12.7 Å². The van der Waals surface area contributed by atoms with Crippen molar-refractivity contribution >= 4 is 0 Å². The smallest absolute Gasteiger partial charge is 0.0897 e. The summed E-state index contributed by atoms with van der Waals surface area (Å²) >= 11 is 0. The minimum absolute atomic E-state index is 0.0627. The first-order chi connectivity index (χ1) is 5.45. The quantitative estimate of drug-likeness (QED) is 0.648. The van der Waals surface area contributed by atoms with Crippen molar-refractivity contribution in [2.75, 3.05) is 19.8 Å². The van der Waals surface area contributed by atoms with Gasteiger partial charge >= 0.3 is 0 Å². The van der Waals surface area contributed by atoms with E-state index in [1.165, 1.54) is 0 Å². The van der Waals surface area contributed by atoms with Crippen molar-refractivity contribution in [3.63, 3.8) is 0 Å². The molecule has 0 fully saturated rings. The van der Waals surface area contributed by atoms with Crippen LogP contribution in [0.15, 0.2) is 0 Å². The Hall–Kier alpha value is -0.120. The molecule has 0 amide bonds. The van der Waals surface area contributed by atoms with Crippen molar-refractivity contribution < 1.29 is 9.84 Å². The van der Waals surface area contributed by atoms with E-state index < -0.39 is 6.10 Å². The van der Waals surface area contributed by atoms with E-state index in [0.29, 0.717) is 19.8 Å². The van der Waals surface area contributed by atoms with Crippen molar-refractivity contribution in [2.45, 2.75) is 39.3 Å². The van der Waals surface area contributed by atoms with Crippen LogP contribution in [0.1, 0.15) is 27.7 Å². The molecule has 0 aliphatic heterocycles. The molecule has 0 bridgehead atoms. The molecule has 0 aromatic carbocycles. The summed E-state index contributed by atoms with van der Waals surface area (Å²) in [5, 5.41) is 12.6. The van der Waals surface area contributed by atoms with Crippen molar-refractivity contribution in [3.8, 4) is 0 Å². The zero-order valence-electron chi connectivity index (χ0n) is 8.55. The zero-order valence-corrected chi connectivity index (χ0v) is 8.55. The van der Waals surface area contributed by atoms with E-state index in [1.807, 2.05) is 6.92 Å². The maximum absolute atomic E-state index is 9.36. The standard InChI is InChI=1S/C9H21NO2/c1-5-12-7-8(11)6-10-9(2,3)4/h8,10-11H,5-7H2,1-4H3. The number of aliphatic hydroxyl groups excluding tert-OH is 1. The average Bonchev–Trinajstić information content (AvgIpc) is 1.95. The first-order valence-electron chi connectivity index (χ1n) is 4.46. The SMILES string of the molecule is CCOCC(O)CNC(C)(C)C. The monoisotopic (exact) mass is 175 g/mol. The number of ether oxygens (including phenoxy) is 1. The highest BCUT2D eigenvalue weighted by molar-refractivity contribution is 4.72. The normalized spacial score (nSPS) is 14.8. The van der Waals surface area contributed by atoms with Crippen LogP contribution < -0.4 is 5.32 Å². The molecular formula is C9H21NO2. The molecule has 1 unspecified atom stereocenters. The van der Waals surface area contributed by atoms with Crippen LogP contribution in [0.25, 0.3) is 0 Å². The number of β-amino-alcohol motifs (C(OH)–C–C–N with tert-alkyl or cyclic N) is 1. The van der Waals surface area contributed by atoms with Crippen LogP contribution in [0.3, 0.4) is 0 Å². The molecule has 0 heterocycles. The maximum Gasteiger partial charge on any atom is 0.0897 e. The highest BCUT2D eigenvalue weighted by atomic mass is 16.5. The first kappa shape index (κ1) is 11.9. The van der Waals surface area contributed by atoms with Crippen LogP contribution in [-0.4, -0.2) is 36.5 Å². The lowest BCUT2D eigenvalue weighted by Crippen LogP contribution is -2.42. The highest BCUT2D eigenvalue weighted by Crippen LogP contribution is 1.98. The Balaban J connectivity index is 3.37. The van der Waals surface area contributed by atoms with Crippen LogP contribution in [0.4, 0.5) is 0 Å². The number of rotatable bonds is 5. The second-order valence-electron chi connectivity index (χ2n) is 3.94.